The fraction of sp³-hybridized carbons (Fsp3) is 0.857. The molecule has 0 atom stereocenters. The Bertz CT molecular complexity index is 312. The van der Waals surface area contributed by atoms with Gasteiger partial charge in [-0.3, -0.25) is 4.79 Å². The first-order valence-electron chi connectivity index (χ1n) is 6.79. The van der Waals surface area contributed by atoms with Gasteiger partial charge in [-0.2, -0.15) is 5.26 Å². The number of likely N-dealkylation sites (tertiary alicyclic amines) is 1. The lowest BCUT2D eigenvalue weighted by Gasteiger charge is -2.32. The van der Waals surface area contributed by atoms with Gasteiger partial charge in [0.15, 0.2) is 0 Å². The molecule has 0 radical (unpaired) electrons. The van der Waals surface area contributed by atoms with E-state index in [1.165, 1.54) is 0 Å². The van der Waals surface area contributed by atoms with Crippen LogP contribution in [-0.2, 0) is 9.53 Å². The summed E-state index contributed by atoms with van der Waals surface area (Å²) >= 11 is 0. The van der Waals surface area contributed by atoms with Crippen LogP contribution in [0.4, 0.5) is 0 Å². The van der Waals surface area contributed by atoms with E-state index in [4.69, 9.17) is 10.00 Å². The first-order chi connectivity index (χ1) is 8.48. The van der Waals surface area contributed by atoms with Crippen LogP contribution in [0.15, 0.2) is 0 Å². The summed E-state index contributed by atoms with van der Waals surface area (Å²) in [6.45, 7) is 9.06. The highest BCUT2D eigenvalue weighted by Gasteiger charge is 2.27. The minimum Gasteiger partial charge on any atom is -0.466 e. The Kier molecular flexibility index (Phi) is 5.61. The standard InChI is InChI=1S/C14H24N2O2/c1-4-18-13(17)12-5-8-16(9-6-12)10-7-14(2,3)11-15/h12H,4-10H2,1-3H3. The van der Waals surface area contributed by atoms with Crippen molar-refractivity contribution in [2.45, 2.75) is 40.0 Å². The Morgan fingerprint density at radius 1 is 1.44 bits per heavy atom. The fourth-order valence-corrected chi connectivity index (χ4v) is 2.15. The number of rotatable bonds is 5. The van der Waals surface area contributed by atoms with Crippen LogP contribution < -0.4 is 0 Å². The molecule has 0 unspecified atom stereocenters. The summed E-state index contributed by atoms with van der Waals surface area (Å²) < 4.78 is 5.05. The number of carbonyl (C=O) groups is 1. The predicted octanol–water partition coefficient (Wildman–Crippen LogP) is 2.20. The fourth-order valence-electron chi connectivity index (χ4n) is 2.15. The number of esters is 1. The second-order valence-electron chi connectivity index (χ2n) is 5.61. The summed E-state index contributed by atoms with van der Waals surface area (Å²) in [4.78, 5) is 13.9. The summed E-state index contributed by atoms with van der Waals surface area (Å²) in [6.07, 6.45) is 2.64. The zero-order valence-electron chi connectivity index (χ0n) is 11.7. The number of piperidine rings is 1. The second-order valence-corrected chi connectivity index (χ2v) is 5.61. The van der Waals surface area contributed by atoms with Gasteiger partial charge >= 0.3 is 5.97 Å². The molecule has 4 nitrogen and oxygen atoms in total. The van der Waals surface area contributed by atoms with Gasteiger partial charge in [-0.15, -0.1) is 0 Å². The summed E-state index contributed by atoms with van der Waals surface area (Å²) in [5, 5.41) is 8.97. The largest absolute Gasteiger partial charge is 0.466 e. The molecular formula is C14H24N2O2. The SMILES string of the molecule is CCOC(=O)C1CCN(CCC(C)(C)C#N)CC1. The van der Waals surface area contributed by atoms with E-state index in [9.17, 15) is 4.79 Å². The molecule has 18 heavy (non-hydrogen) atoms. The van der Waals surface area contributed by atoms with E-state index in [2.05, 4.69) is 11.0 Å². The van der Waals surface area contributed by atoms with E-state index in [1.807, 2.05) is 20.8 Å². The first kappa shape index (κ1) is 15.0. The molecule has 0 amide bonds. The van der Waals surface area contributed by atoms with Crippen molar-refractivity contribution in [2.75, 3.05) is 26.2 Å². The lowest BCUT2D eigenvalue weighted by molar-refractivity contribution is -0.149. The first-order valence-corrected chi connectivity index (χ1v) is 6.79. The molecule has 1 saturated heterocycles. The van der Waals surface area contributed by atoms with Crippen molar-refractivity contribution in [3.63, 3.8) is 0 Å². The average Bonchev–Trinajstić information content (AvgIpc) is 2.37. The summed E-state index contributed by atoms with van der Waals surface area (Å²) in [7, 11) is 0. The molecular weight excluding hydrogens is 228 g/mol. The molecule has 1 heterocycles. The molecule has 1 fully saturated rings. The molecule has 1 aliphatic heterocycles. The molecule has 0 spiro atoms. The topological polar surface area (TPSA) is 53.3 Å². The van der Waals surface area contributed by atoms with Crippen LogP contribution in [0.2, 0.25) is 0 Å². The Hall–Kier alpha value is -1.08. The van der Waals surface area contributed by atoms with Gasteiger partial charge in [0.25, 0.3) is 0 Å². The number of nitrogens with zero attached hydrogens (tertiary/aromatic N) is 2. The van der Waals surface area contributed by atoms with Crippen molar-refractivity contribution in [2.24, 2.45) is 11.3 Å². The number of nitriles is 1. The van der Waals surface area contributed by atoms with Gasteiger partial charge in [-0.25, -0.2) is 0 Å². The molecule has 4 heteroatoms. The van der Waals surface area contributed by atoms with Crippen molar-refractivity contribution in [1.82, 2.24) is 4.90 Å². The third kappa shape index (κ3) is 4.66. The predicted molar refractivity (Wildman–Crippen MR) is 69.8 cm³/mol. The van der Waals surface area contributed by atoms with Crippen LogP contribution in [0.5, 0.6) is 0 Å². The van der Waals surface area contributed by atoms with E-state index in [-0.39, 0.29) is 17.3 Å². The molecule has 0 aliphatic carbocycles. The third-order valence-electron chi connectivity index (χ3n) is 3.56. The van der Waals surface area contributed by atoms with Gasteiger partial charge in [0, 0.05) is 0 Å². The van der Waals surface area contributed by atoms with Gasteiger partial charge in [0.2, 0.25) is 0 Å². The third-order valence-corrected chi connectivity index (χ3v) is 3.56. The molecule has 0 aromatic rings. The quantitative estimate of drug-likeness (QED) is 0.704. The van der Waals surface area contributed by atoms with Gasteiger partial charge in [0.1, 0.15) is 0 Å². The molecule has 102 valence electrons. The molecule has 0 bridgehead atoms. The molecule has 0 N–H and O–H groups in total. The summed E-state index contributed by atoms with van der Waals surface area (Å²) in [6, 6.07) is 2.32. The van der Waals surface area contributed by atoms with Crippen molar-refractivity contribution in [1.29, 1.82) is 5.26 Å². The van der Waals surface area contributed by atoms with Crippen molar-refractivity contribution in [3.05, 3.63) is 0 Å². The molecule has 0 aromatic heterocycles. The Labute approximate surface area is 110 Å². The Morgan fingerprint density at radius 2 is 2.06 bits per heavy atom. The van der Waals surface area contributed by atoms with Gasteiger partial charge in [-0.05, 0) is 59.7 Å². The maximum absolute atomic E-state index is 11.6. The highest BCUT2D eigenvalue weighted by atomic mass is 16.5. The monoisotopic (exact) mass is 252 g/mol. The number of hydrogen-bond donors (Lipinski definition) is 0. The smallest absolute Gasteiger partial charge is 0.309 e. The van der Waals surface area contributed by atoms with E-state index >= 15 is 0 Å². The highest BCUT2D eigenvalue weighted by Crippen LogP contribution is 2.23. The second kappa shape index (κ2) is 6.75. The van der Waals surface area contributed by atoms with Crippen molar-refractivity contribution in [3.8, 4) is 6.07 Å². The average molecular weight is 252 g/mol. The zero-order chi connectivity index (χ0) is 13.6. The molecule has 0 saturated carbocycles. The molecule has 0 aromatic carbocycles. The van der Waals surface area contributed by atoms with E-state index in [0.29, 0.717) is 6.61 Å². The maximum Gasteiger partial charge on any atom is 0.309 e. The Morgan fingerprint density at radius 3 is 2.56 bits per heavy atom. The lowest BCUT2D eigenvalue weighted by Crippen LogP contribution is -2.38. The minimum absolute atomic E-state index is 0.0468. The molecule has 1 rings (SSSR count). The normalized spacial score (nSPS) is 18.3. The van der Waals surface area contributed by atoms with Gasteiger partial charge < -0.3 is 9.64 Å². The van der Waals surface area contributed by atoms with Crippen LogP contribution in [0.3, 0.4) is 0 Å². The highest BCUT2D eigenvalue weighted by molar-refractivity contribution is 5.72. The maximum atomic E-state index is 11.6. The van der Waals surface area contributed by atoms with Gasteiger partial charge in [-0.1, -0.05) is 0 Å². The van der Waals surface area contributed by atoms with E-state index < -0.39 is 0 Å². The minimum atomic E-state index is -0.252. The van der Waals surface area contributed by atoms with Crippen LogP contribution in [0.1, 0.15) is 40.0 Å². The van der Waals surface area contributed by atoms with Crippen LogP contribution in [-0.4, -0.2) is 37.1 Å². The van der Waals surface area contributed by atoms with E-state index in [0.717, 1.165) is 38.9 Å². The van der Waals surface area contributed by atoms with Gasteiger partial charge in [0.05, 0.1) is 24.0 Å². The lowest BCUT2D eigenvalue weighted by atomic mass is 9.90. The number of ether oxygens (including phenoxy) is 1. The van der Waals surface area contributed by atoms with Crippen LogP contribution in [0.25, 0.3) is 0 Å². The number of carbonyl (C=O) groups excluding carboxylic acids is 1. The van der Waals surface area contributed by atoms with Crippen LogP contribution >= 0.6 is 0 Å². The number of hydrogen-bond acceptors (Lipinski definition) is 4. The van der Waals surface area contributed by atoms with Crippen LogP contribution in [0, 0.1) is 22.7 Å². The molecule has 1 aliphatic rings. The van der Waals surface area contributed by atoms with Crippen molar-refractivity contribution < 1.29 is 9.53 Å². The van der Waals surface area contributed by atoms with E-state index in [1.54, 1.807) is 0 Å². The summed E-state index contributed by atoms with van der Waals surface area (Å²) in [5.41, 5.74) is -0.252. The Balaban J connectivity index is 2.28. The summed E-state index contributed by atoms with van der Waals surface area (Å²) in [5.74, 6) is 0.0275. The van der Waals surface area contributed by atoms with Crippen molar-refractivity contribution >= 4 is 5.97 Å². The zero-order valence-corrected chi connectivity index (χ0v) is 11.7.